The van der Waals surface area contributed by atoms with Crippen molar-refractivity contribution in [3.63, 3.8) is 0 Å². The number of hydrogen-bond acceptors (Lipinski definition) is 0. The van der Waals surface area contributed by atoms with Crippen molar-refractivity contribution in [2.75, 3.05) is 0 Å². The van der Waals surface area contributed by atoms with Crippen LogP contribution in [0.5, 0.6) is 0 Å². The lowest BCUT2D eigenvalue weighted by Gasteiger charge is -2.21. The number of unbranched alkanes of at least 4 members (excludes halogenated alkanes) is 2. The van der Waals surface area contributed by atoms with E-state index >= 15 is 0 Å². The van der Waals surface area contributed by atoms with Crippen LogP contribution in [-0.2, 0) is 0 Å². The van der Waals surface area contributed by atoms with Crippen molar-refractivity contribution >= 4 is 0 Å². The van der Waals surface area contributed by atoms with Gasteiger partial charge in [-0.1, -0.05) is 92.2 Å². The molecule has 2 saturated carbocycles. The van der Waals surface area contributed by atoms with Gasteiger partial charge in [0.05, 0.1) is 0 Å². The number of rotatable bonds is 12. The molecular weight excluding hydrogens is 276 g/mol. The van der Waals surface area contributed by atoms with Gasteiger partial charge in [-0.25, -0.2) is 0 Å². The highest BCUT2D eigenvalue weighted by molar-refractivity contribution is 5.24. The van der Waals surface area contributed by atoms with E-state index in [4.69, 9.17) is 0 Å². The van der Waals surface area contributed by atoms with Gasteiger partial charge in [-0.15, -0.1) is 0 Å². The van der Waals surface area contributed by atoms with Gasteiger partial charge < -0.3 is 0 Å². The predicted molar refractivity (Wildman–Crippen MR) is 103 cm³/mol. The molecule has 0 radical (unpaired) electrons. The summed E-state index contributed by atoms with van der Waals surface area (Å²) in [6.45, 7) is 14.4. The van der Waals surface area contributed by atoms with Crippen LogP contribution < -0.4 is 0 Å². The summed E-state index contributed by atoms with van der Waals surface area (Å²) in [5.74, 6) is 5.81. The Labute approximate surface area is 146 Å². The molecule has 0 bridgehead atoms. The van der Waals surface area contributed by atoms with Crippen molar-refractivity contribution in [2.45, 2.75) is 92.9 Å². The molecule has 2 aliphatic rings. The third-order valence-corrected chi connectivity index (χ3v) is 7.16. The zero-order chi connectivity index (χ0) is 17.0. The van der Waals surface area contributed by atoms with Crippen LogP contribution in [0.15, 0.2) is 12.2 Å². The topological polar surface area (TPSA) is 0 Å². The van der Waals surface area contributed by atoms with E-state index in [0.717, 1.165) is 40.9 Å². The molecule has 0 heteroatoms. The van der Waals surface area contributed by atoms with Crippen LogP contribution in [0.1, 0.15) is 92.9 Å². The molecule has 0 aliphatic heterocycles. The average Bonchev–Trinajstić information content (AvgIpc) is 3.40. The minimum atomic E-state index is 0.745. The number of hydrogen-bond donors (Lipinski definition) is 0. The molecule has 23 heavy (non-hydrogen) atoms. The van der Waals surface area contributed by atoms with E-state index in [0.29, 0.717) is 0 Å². The van der Waals surface area contributed by atoms with Crippen molar-refractivity contribution < 1.29 is 0 Å². The highest BCUT2D eigenvalue weighted by Gasteiger charge is 2.77. The van der Waals surface area contributed by atoms with Crippen LogP contribution in [0.4, 0.5) is 0 Å². The van der Waals surface area contributed by atoms with Gasteiger partial charge in [0.15, 0.2) is 0 Å². The standard InChI is InChI=1S/C23H42/c1-7-12-19(16-15-17(3)8-2)18(4)13-10-9-11-14-20-21-22(20)23(21,5)6/h15-22H,7-14H2,1-6H3. The second-order valence-corrected chi connectivity index (χ2v) is 9.38. The second kappa shape index (κ2) is 8.21. The Bertz CT molecular complexity index is 365. The smallest absolute Gasteiger partial charge is 0.0208 e. The van der Waals surface area contributed by atoms with Crippen LogP contribution in [0.2, 0.25) is 0 Å². The third-order valence-electron chi connectivity index (χ3n) is 7.16. The zero-order valence-electron chi connectivity index (χ0n) is 16.8. The van der Waals surface area contributed by atoms with Gasteiger partial charge in [0, 0.05) is 0 Å². The Kier molecular flexibility index (Phi) is 6.81. The average molecular weight is 319 g/mol. The van der Waals surface area contributed by atoms with Gasteiger partial charge in [0.1, 0.15) is 0 Å². The summed E-state index contributed by atoms with van der Waals surface area (Å²) in [6.07, 6.45) is 16.3. The summed E-state index contributed by atoms with van der Waals surface area (Å²) in [5, 5.41) is 0. The van der Waals surface area contributed by atoms with E-state index in [2.05, 4.69) is 53.7 Å². The molecule has 0 heterocycles. The fourth-order valence-corrected chi connectivity index (χ4v) is 5.05. The maximum atomic E-state index is 2.54. The Balaban J connectivity index is 1.56. The minimum absolute atomic E-state index is 0.745. The van der Waals surface area contributed by atoms with Gasteiger partial charge in [0.25, 0.3) is 0 Å². The monoisotopic (exact) mass is 318 g/mol. The summed E-state index contributed by atoms with van der Waals surface area (Å²) >= 11 is 0. The van der Waals surface area contributed by atoms with Crippen LogP contribution >= 0.6 is 0 Å². The Morgan fingerprint density at radius 2 is 1.61 bits per heavy atom. The molecule has 0 aromatic carbocycles. The molecule has 0 spiro atoms. The van der Waals surface area contributed by atoms with Gasteiger partial charge in [-0.3, -0.25) is 0 Å². The third kappa shape index (κ3) is 4.86. The van der Waals surface area contributed by atoms with Crippen molar-refractivity contribution in [1.29, 1.82) is 0 Å². The molecule has 134 valence electrons. The highest BCUT2D eigenvalue weighted by Crippen LogP contribution is 2.82. The quantitative estimate of drug-likeness (QED) is 0.258. The summed E-state index contributed by atoms with van der Waals surface area (Å²) in [5.41, 5.74) is 0.745. The molecule has 0 aromatic heterocycles. The van der Waals surface area contributed by atoms with Crippen molar-refractivity contribution in [2.24, 2.45) is 40.9 Å². The Morgan fingerprint density at radius 1 is 0.913 bits per heavy atom. The first-order chi connectivity index (χ1) is 10.9. The van der Waals surface area contributed by atoms with Crippen molar-refractivity contribution in [3.8, 4) is 0 Å². The first-order valence-electron chi connectivity index (χ1n) is 10.6. The molecule has 5 atom stereocenters. The van der Waals surface area contributed by atoms with Gasteiger partial charge >= 0.3 is 0 Å². The molecule has 2 fully saturated rings. The summed E-state index contributed by atoms with van der Waals surface area (Å²) in [7, 11) is 0. The summed E-state index contributed by atoms with van der Waals surface area (Å²) < 4.78 is 0. The fraction of sp³-hybridized carbons (Fsp3) is 0.913. The number of allylic oxidation sites excluding steroid dienone is 2. The van der Waals surface area contributed by atoms with Crippen LogP contribution in [0.25, 0.3) is 0 Å². The lowest BCUT2D eigenvalue weighted by atomic mass is 9.84. The Morgan fingerprint density at radius 3 is 2.17 bits per heavy atom. The second-order valence-electron chi connectivity index (χ2n) is 9.38. The largest absolute Gasteiger partial charge is 0.0854 e. The number of fused-ring (bicyclic) bond motifs is 1. The van der Waals surface area contributed by atoms with E-state index in [1.807, 2.05) is 0 Å². The molecule has 0 saturated heterocycles. The molecule has 2 aliphatic carbocycles. The van der Waals surface area contributed by atoms with Gasteiger partial charge in [0.2, 0.25) is 0 Å². The SMILES string of the molecule is CCCC(C=CC(C)CC)C(C)CCCCCC1C2C1C2(C)C. The maximum Gasteiger partial charge on any atom is -0.0208 e. The van der Waals surface area contributed by atoms with E-state index in [-0.39, 0.29) is 0 Å². The van der Waals surface area contributed by atoms with Crippen LogP contribution in [-0.4, -0.2) is 0 Å². The van der Waals surface area contributed by atoms with Gasteiger partial charge in [-0.2, -0.15) is 0 Å². The van der Waals surface area contributed by atoms with E-state index in [1.165, 1.54) is 51.4 Å². The van der Waals surface area contributed by atoms with Crippen LogP contribution in [0.3, 0.4) is 0 Å². The molecular formula is C23H42. The fourth-order valence-electron chi connectivity index (χ4n) is 5.05. The minimum Gasteiger partial charge on any atom is -0.0854 e. The summed E-state index contributed by atoms with van der Waals surface area (Å²) in [4.78, 5) is 0. The van der Waals surface area contributed by atoms with Gasteiger partial charge in [-0.05, 0) is 53.8 Å². The Hall–Kier alpha value is -0.260. The lowest BCUT2D eigenvalue weighted by molar-refractivity contribution is 0.329. The highest BCUT2D eigenvalue weighted by atomic mass is 14.8. The van der Waals surface area contributed by atoms with Crippen molar-refractivity contribution in [3.05, 3.63) is 12.2 Å². The zero-order valence-corrected chi connectivity index (χ0v) is 16.8. The van der Waals surface area contributed by atoms with Crippen molar-refractivity contribution in [1.82, 2.24) is 0 Å². The first kappa shape index (κ1) is 19.1. The van der Waals surface area contributed by atoms with E-state index in [1.54, 1.807) is 0 Å². The molecule has 0 nitrogen and oxygen atoms in total. The lowest BCUT2D eigenvalue weighted by Crippen LogP contribution is -2.10. The van der Waals surface area contributed by atoms with E-state index < -0.39 is 0 Å². The summed E-state index contributed by atoms with van der Waals surface area (Å²) in [6, 6.07) is 0. The maximum absolute atomic E-state index is 2.54. The molecule has 0 aromatic rings. The first-order valence-corrected chi connectivity index (χ1v) is 10.6. The normalized spacial score (nSPS) is 31.7. The van der Waals surface area contributed by atoms with Crippen LogP contribution in [0, 0.1) is 40.9 Å². The molecule has 0 N–H and O–H groups in total. The predicted octanol–water partition coefficient (Wildman–Crippen LogP) is 7.49. The molecule has 2 rings (SSSR count). The molecule has 0 amide bonds. The van der Waals surface area contributed by atoms with E-state index in [9.17, 15) is 0 Å². The molecule has 5 unspecified atom stereocenters.